The molecule has 0 spiro atoms. The molecule has 2 N–H and O–H groups in total. The molecule has 0 bridgehead atoms. The second-order valence-corrected chi connectivity index (χ2v) is 3.52. The molecular weight excluding hydrogens is 202 g/mol. The molecule has 2 rings (SSSR count). The number of nitrogens with zero attached hydrogens (tertiary/aromatic N) is 2. The lowest BCUT2D eigenvalue weighted by atomic mass is 10.1. The van der Waals surface area contributed by atoms with Gasteiger partial charge in [-0.3, -0.25) is 4.98 Å². The molecule has 0 fully saturated rings. The van der Waals surface area contributed by atoms with E-state index in [4.69, 9.17) is 15.7 Å². The van der Waals surface area contributed by atoms with E-state index in [1.54, 1.807) is 12.1 Å². The Balaban J connectivity index is 2.80. The molecule has 1 aromatic heterocycles. The number of hydrogen-bond donors (Lipinski definition) is 1. The highest BCUT2D eigenvalue weighted by Gasteiger charge is 2.07. The number of nitrogens with two attached hydrogens (primary N) is 1. The van der Waals surface area contributed by atoms with E-state index in [2.05, 4.69) is 11.1 Å². The van der Waals surface area contributed by atoms with Crippen molar-refractivity contribution in [3.63, 3.8) is 0 Å². The number of pyridine rings is 1. The van der Waals surface area contributed by atoms with E-state index in [9.17, 15) is 0 Å². The SMILES string of the molecule is COc1cc2nc(C)c(N)cc2cc1C#N. The third-order valence-electron chi connectivity index (χ3n) is 2.49. The second kappa shape index (κ2) is 3.70. The highest BCUT2D eigenvalue weighted by atomic mass is 16.5. The van der Waals surface area contributed by atoms with Crippen molar-refractivity contribution in [1.82, 2.24) is 4.98 Å². The summed E-state index contributed by atoms with van der Waals surface area (Å²) in [6, 6.07) is 7.38. The van der Waals surface area contributed by atoms with E-state index < -0.39 is 0 Å². The van der Waals surface area contributed by atoms with Crippen molar-refractivity contribution in [3.05, 3.63) is 29.5 Å². The van der Waals surface area contributed by atoms with Crippen LogP contribution in [0.1, 0.15) is 11.3 Å². The monoisotopic (exact) mass is 213 g/mol. The number of nitriles is 1. The van der Waals surface area contributed by atoms with E-state index >= 15 is 0 Å². The lowest BCUT2D eigenvalue weighted by Crippen LogP contribution is -1.95. The number of methoxy groups -OCH3 is 1. The molecule has 0 aliphatic carbocycles. The van der Waals surface area contributed by atoms with Crippen molar-refractivity contribution in [2.24, 2.45) is 0 Å². The minimum atomic E-state index is 0.486. The molecule has 0 amide bonds. The molecule has 0 unspecified atom stereocenters. The van der Waals surface area contributed by atoms with E-state index in [0.717, 1.165) is 16.6 Å². The summed E-state index contributed by atoms with van der Waals surface area (Å²) in [5.74, 6) is 0.534. The van der Waals surface area contributed by atoms with Gasteiger partial charge in [0.1, 0.15) is 11.8 Å². The van der Waals surface area contributed by atoms with Gasteiger partial charge in [-0.25, -0.2) is 0 Å². The fourth-order valence-electron chi connectivity index (χ4n) is 1.57. The van der Waals surface area contributed by atoms with E-state index in [1.807, 2.05) is 13.0 Å². The quantitative estimate of drug-likeness (QED) is 0.786. The van der Waals surface area contributed by atoms with Crippen LogP contribution in [0.5, 0.6) is 5.75 Å². The van der Waals surface area contributed by atoms with Crippen LogP contribution in [0.2, 0.25) is 0 Å². The van der Waals surface area contributed by atoms with Crippen LogP contribution in [0.3, 0.4) is 0 Å². The number of aromatic nitrogens is 1. The molecule has 16 heavy (non-hydrogen) atoms. The largest absolute Gasteiger partial charge is 0.495 e. The van der Waals surface area contributed by atoms with Crippen molar-refractivity contribution in [2.45, 2.75) is 6.92 Å². The molecule has 0 radical (unpaired) electrons. The summed E-state index contributed by atoms with van der Waals surface area (Å²) in [7, 11) is 1.53. The van der Waals surface area contributed by atoms with E-state index in [1.165, 1.54) is 7.11 Å². The summed E-state index contributed by atoms with van der Waals surface area (Å²) in [5, 5.41) is 9.80. The van der Waals surface area contributed by atoms with Crippen LogP contribution in [-0.4, -0.2) is 12.1 Å². The molecule has 0 saturated heterocycles. The molecule has 4 nitrogen and oxygen atoms in total. The molecule has 80 valence electrons. The standard InChI is InChI=1S/C12H11N3O/c1-7-10(14)4-8-3-9(6-13)12(16-2)5-11(8)15-7/h3-5H,14H2,1-2H3. The van der Waals surface area contributed by atoms with Gasteiger partial charge in [0, 0.05) is 11.5 Å². The van der Waals surface area contributed by atoms with Crippen molar-refractivity contribution < 1.29 is 4.74 Å². The van der Waals surface area contributed by atoms with Gasteiger partial charge in [-0.2, -0.15) is 5.26 Å². The number of anilines is 1. The van der Waals surface area contributed by atoms with Crippen LogP contribution in [0, 0.1) is 18.3 Å². The number of fused-ring (bicyclic) bond motifs is 1. The van der Waals surface area contributed by atoms with Gasteiger partial charge in [-0.1, -0.05) is 0 Å². The molecule has 0 aliphatic heterocycles. The van der Waals surface area contributed by atoms with Gasteiger partial charge in [0.05, 0.1) is 29.6 Å². The maximum Gasteiger partial charge on any atom is 0.138 e. The predicted octanol–water partition coefficient (Wildman–Crippen LogP) is 2.01. The fraction of sp³-hybridized carbons (Fsp3) is 0.167. The third-order valence-corrected chi connectivity index (χ3v) is 2.49. The van der Waals surface area contributed by atoms with Crippen LogP contribution in [-0.2, 0) is 0 Å². The van der Waals surface area contributed by atoms with Crippen LogP contribution in [0.4, 0.5) is 5.69 Å². The first-order chi connectivity index (χ1) is 7.65. The lowest BCUT2D eigenvalue weighted by molar-refractivity contribution is 0.414. The van der Waals surface area contributed by atoms with Gasteiger partial charge in [0.25, 0.3) is 0 Å². The zero-order valence-corrected chi connectivity index (χ0v) is 9.11. The minimum Gasteiger partial charge on any atom is -0.495 e. The number of aryl methyl sites for hydroxylation is 1. The molecular formula is C12H11N3O. The highest BCUT2D eigenvalue weighted by Crippen LogP contribution is 2.26. The molecule has 0 saturated carbocycles. The Morgan fingerprint density at radius 3 is 2.75 bits per heavy atom. The Morgan fingerprint density at radius 2 is 2.12 bits per heavy atom. The molecule has 1 heterocycles. The molecule has 4 heteroatoms. The fourth-order valence-corrected chi connectivity index (χ4v) is 1.57. The first kappa shape index (κ1) is 10.2. The Hall–Kier alpha value is -2.28. The third kappa shape index (κ3) is 1.52. The van der Waals surface area contributed by atoms with Crippen molar-refractivity contribution in [2.75, 3.05) is 12.8 Å². The first-order valence-electron chi connectivity index (χ1n) is 4.80. The normalized spacial score (nSPS) is 10.1. The topological polar surface area (TPSA) is 71.9 Å². The van der Waals surface area contributed by atoms with Gasteiger partial charge < -0.3 is 10.5 Å². The van der Waals surface area contributed by atoms with Gasteiger partial charge in [0.15, 0.2) is 0 Å². The molecule has 0 atom stereocenters. The Labute approximate surface area is 93.3 Å². The van der Waals surface area contributed by atoms with Gasteiger partial charge in [-0.05, 0) is 19.1 Å². The summed E-state index contributed by atoms with van der Waals surface area (Å²) in [4.78, 5) is 4.34. The van der Waals surface area contributed by atoms with Gasteiger partial charge in [0.2, 0.25) is 0 Å². The number of nitrogen functional groups attached to an aromatic ring is 1. The number of ether oxygens (including phenoxy) is 1. The maximum absolute atomic E-state index is 8.95. The van der Waals surface area contributed by atoms with Gasteiger partial charge >= 0.3 is 0 Å². The van der Waals surface area contributed by atoms with Crippen LogP contribution >= 0.6 is 0 Å². The predicted molar refractivity (Wildman–Crippen MR) is 62.2 cm³/mol. The summed E-state index contributed by atoms with van der Waals surface area (Å²) in [5.41, 5.74) is 8.44. The summed E-state index contributed by atoms with van der Waals surface area (Å²) < 4.78 is 5.12. The van der Waals surface area contributed by atoms with Crippen molar-refractivity contribution >= 4 is 16.6 Å². The second-order valence-electron chi connectivity index (χ2n) is 3.52. The summed E-state index contributed by atoms with van der Waals surface area (Å²) in [6.45, 7) is 1.85. The maximum atomic E-state index is 8.95. The average molecular weight is 213 g/mol. The zero-order valence-electron chi connectivity index (χ0n) is 9.11. The number of benzene rings is 1. The average Bonchev–Trinajstić information content (AvgIpc) is 2.29. The number of rotatable bonds is 1. The number of hydrogen-bond acceptors (Lipinski definition) is 4. The Kier molecular flexibility index (Phi) is 2.37. The van der Waals surface area contributed by atoms with Crippen molar-refractivity contribution in [1.29, 1.82) is 5.26 Å². The van der Waals surface area contributed by atoms with Crippen LogP contribution in [0.15, 0.2) is 18.2 Å². The van der Waals surface area contributed by atoms with Crippen LogP contribution < -0.4 is 10.5 Å². The van der Waals surface area contributed by atoms with Crippen LogP contribution in [0.25, 0.3) is 10.9 Å². The minimum absolute atomic E-state index is 0.486. The smallest absolute Gasteiger partial charge is 0.138 e. The van der Waals surface area contributed by atoms with Crippen molar-refractivity contribution in [3.8, 4) is 11.8 Å². The summed E-state index contributed by atoms with van der Waals surface area (Å²) in [6.07, 6.45) is 0. The molecule has 0 aliphatic rings. The zero-order chi connectivity index (χ0) is 11.7. The van der Waals surface area contributed by atoms with E-state index in [0.29, 0.717) is 17.0 Å². The lowest BCUT2D eigenvalue weighted by Gasteiger charge is -2.06. The Morgan fingerprint density at radius 1 is 1.38 bits per heavy atom. The summed E-state index contributed by atoms with van der Waals surface area (Å²) >= 11 is 0. The molecule has 1 aromatic carbocycles. The Bertz CT molecular complexity index is 599. The van der Waals surface area contributed by atoms with Gasteiger partial charge in [-0.15, -0.1) is 0 Å². The highest BCUT2D eigenvalue weighted by molar-refractivity contribution is 5.85. The molecule has 2 aromatic rings. The van der Waals surface area contributed by atoms with E-state index in [-0.39, 0.29) is 0 Å². The first-order valence-corrected chi connectivity index (χ1v) is 4.80.